The van der Waals surface area contributed by atoms with Crippen LogP contribution in [0.4, 0.5) is 10.5 Å². The molecule has 1 aliphatic rings. The van der Waals surface area contributed by atoms with E-state index in [0.717, 1.165) is 43.5 Å². The molecule has 0 bridgehead atoms. The van der Waals surface area contributed by atoms with Crippen LogP contribution in [-0.4, -0.2) is 28.6 Å². The van der Waals surface area contributed by atoms with Crippen LogP contribution in [-0.2, 0) is 0 Å². The van der Waals surface area contributed by atoms with Crippen molar-refractivity contribution in [3.63, 3.8) is 0 Å². The van der Waals surface area contributed by atoms with Gasteiger partial charge >= 0.3 is 6.03 Å². The van der Waals surface area contributed by atoms with E-state index >= 15 is 0 Å². The Labute approximate surface area is 127 Å². The second-order valence-corrected chi connectivity index (χ2v) is 5.86. The number of nitrogens with zero attached hydrogens (tertiary/aromatic N) is 1. The van der Waals surface area contributed by atoms with Crippen LogP contribution >= 0.6 is 0 Å². The Morgan fingerprint density at radius 2 is 2.29 bits per heavy atom. The zero-order chi connectivity index (χ0) is 15.2. The number of benzene rings is 1. The van der Waals surface area contributed by atoms with Gasteiger partial charge in [-0.1, -0.05) is 25.5 Å². The van der Waals surface area contributed by atoms with E-state index in [0.29, 0.717) is 6.04 Å². The maximum absolute atomic E-state index is 12.5. The molecule has 1 aliphatic heterocycles. The van der Waals surface area contributed by atoms with Gasteiger partial charge in [-0.3, -0.25) is 0 Å². The number of carbonyl (C=O) groups excluding carboxylic acids is 1. The summed E-state index contributed by atoms with van der Waals surface area (Å²) in [7, 11) is 0. The number of piperidine rings is 1. The lowest BCUT2D eigenvalue weighted by Gasteiger charge is -2.35. The fourth-order valence-corrected chi connectivity index (χ4v) is 2.97. The van der Waals surface area contributed by atoms with Crippen LogP contribution in [0.2, 0.25) is 0 Å². The Morgan fingerprint density at radius 1 is 1.48 bits per heavy atom. The number of nitrogens with one attached hydrogen (secondary N) is 1. The first-order valence-electron chi connectivity index (χ1n) is 7.97. The molecule has 116 valence electrons. The molecule has 0 aromatic heterocycles. The summed E-state index contributed by atoms with van der Waals surface area (Å²) in [5.74, 6) is 0. The highest BCUT2D eigenvalue weighted by Gasteiger charge is 2.25. The third-order valence-corrected chi connectivity index (χ3v) is 4.13. The van der Waals surface area contributed by atoms with Gasteiger partial charge in [0.05, 0.1) is 6.10 Å². The van der Waals surface area contributed by atoms with E-state index in [-0.39, 0.29) is 6.03 Å². The molecular weight excluding hydrogens is 264 g/mol. The van der Waals surface area contributed by atoms with Gasteiger partial charge in [-0.2, -0.15) is 0 Å². The van der Waals surface area contributed by atoms with Gasteiger partial charge in [-0.25, -0.2) is 4.79 Å². The van der Waals surface area contributed by atoms with Crippen molar-refractivity contribution in [2.45, 2.75) is 58.1 Å². The fourth-order valence-electron chi connectivity index (χ4n) is 2.97. The van der Waals surface area contributed by atoms with Gasteiger partial charge in [0.15, 0.2) is 0 Å². The van der Waals surface area contributed by atoms with E-state index < -0.39 is 6.10 Å². The summed E-state index contributed by atoms with van der Waals surface area (Å²) in [6.07, 6.45) is 5.06. The number of urea groups is 1. The van der Waals surface area contributed by atoms with Crippen molar-refractivity contribution in [3.05, 3.63) is 29.8 Å². The Morgan fingerprint density at radius 3 is 3.00 bits per heavy atom. The summed E-state index contributed by atoms with van der Waals surface area (Å²) in [5.41, 5.74) is 1.57. The molecule has 4 heteroatoms. The summed E-state index contributed by atoms with van der Waals surface area (Å²) in [4.78, 5) is 14.5. The summed E-state index contributed by atoms with van der Waals surface area (Å²) < 4.78 is 0. The number of aliphatic hydroxyl groups is 1. The van der Waals surface area contributed by atoms with Crippen molar-refractivity contribution >= 4 is 11.7 Å². The van der Waals surface area contributed by atoms with Crippen LogP contribution in [0, 0.1) is 0 Å². The Hall–Kier alpha value is -1.55. The lowest BCUT2D eigenvalue weighted by molar-refractivity contribution is 0.157. The van der Waals surface area contributed by atoms with E-state index in [1.165, 1.54) is 6.42 Å². The maximum atomic E-state index is 12.5. The third kappa shape index (κ3) is 4.21. The Kier molecular flexibility index (Phi) is 5.62. The molecule has 1 saturated heterocycles. The zero-order valence-electron chi connectivity index (χ0n) is 13.0. The highest BCUT2D eigenvalue weighted by Crippen LogP contribution is 2.23. The molecule has 1 fully saturated rings. The number of anilines is 1. The van der Waals surface area contributed by atoms with Gasteiger partial charge in [0.2, 0.25) is 0 Å². The largest absolute Gasteiger partial charge is 0.389 e. The zero-order valence-corrected chi connectivity index (χ0v) is 13.0. The molecule has 21 heavy (non-hydrogen) atoms. The predicted molar refractivity (Wildman–Crippen MR) is 85.3 cm³/mol. The quantitative estimate of drug-likeness (QED) is 0.883. The smallest absolute Gasteiger partial charge is 0.322 e. The van der Waals surface area contributed by atoms with E-state index in [2.05, 4.69) is 12.2 Å². The number of aliphatic hydroxyl groups excluding tert-OH is 1. The maximum Gasteiger partial charge on any atom is 0.322 e. The van der Waals surface area contributed by atoms with E-state index in [1.54, 1.807) is 6.92 Å². The van der Waals surface area contributed by atoms with E-state index in [4.69, 9.17) is 0 Å². The van der Waals surface area contributed by atoms with Gasteiger partial charge in [0.25, 0.3) is 0 Å². The molecule has 2 unspecified atom stereocenters. The van der Waals surface area contributed by atoms with Crippen molar-refractivity contribution in [2.75, 3.05) is 11.9 Å². The standard InChI is InChI=1S/C17H26N2O2/c1-3-7-16-10-4-5-11-19(16)17(21)18-15-9-6-8-14(12-15)13(2)20/h6,8-9,12-13,16,20H,3-5,7,10-11H2,1-2H3,(H,18,21). The molecule has 2 atom stereocenters. The summed E-state index contributed by atoms with van der Waals surface area (Å²) >= 11 is 0. The minimum absolute atomic E-state index is 0.0177. The van der Waals surface area contributed by atoms with Crippen LogP contribution < -0.4 is 5.32 Å². The molecule has 0 aliphatic carbocycles. The normalized spacial score (nSPS) is 20.1. The van der Waals surface area contributed by atoms with E-state index in [1.807, 2.05) is 29.2 Å². The first-order chi connectivity index (χ1) is 10.1. The summed E-state index contributed by atoms with van der Waals surface area (Å²) in [6, 6.07) is 7.77. The number of carbonyl (C=O) groups is 1. The minimum atomic E-state index is -0.523. The van der Waals surface area contributed by atoms with Crippen molar-refractivity contribution in [1.82, 2.24) is 4.90 Å². The molecule has 2 amide bonds. The highest BCUT2D eigenvalue weighted by atomic mass is 16.3. The van der Waals surface area contributed by atoms with E-state index in [9.17, 15) is 9.90 Å². The van der Waals surface area contributed by atoms with Crippen LogP contribution in [0.3, 0.4) is 0 Å². The lowest BCUT2D eigenvalue weighted by Crippen LogP contribution is -2.45. The number of amides is 2. The van der Waals surface area contributed by atoms with Crippen molar-refractivity contribution < 1.29 is 9.90 Å². The van der Waals surface area contributed by atoms with Gasteiger partial charge in [-0.05, 0) is 50.3 Å². The van der Waals surface area contributed by atoms with Crippen molar-refractivity contribution in [2.24, 2.45) is 0 Å². The first-order valence-corrected chi connectivity index (χ1v) is 7.97. The summed E-state index contributed by atoms with van der Waals surface area (Å²) in [5, 5.41) is 12.6. The highest BCUT2D eigenvalue weighted by molar-refractivity contribution is 5.89. The molecule has 2 rings (SSSR count). The van der Waals surface area contributed by atoms with Crippen molar-refractivity contribution in [3.8, 4) is 0 Å². The van der Waals surface area contributed by atoms with Gasteiger partial charge in [-0.15, -0.1) is 0 Å². The number of likely N-dealkylation sites (tertiary alicyclic amines) is 1. The molecule has 4 nitrogen and oxygen atoms in total. The number of rotatable bonds is 4. The van der Waals surface area contributed by atoms with Crippen LogP contribution in [0.1, 0.15) is 57.6 Å². The first kappa shape index (κ1) is 15.8. The third-order valence-electron chi connectivity index (χ3n) is 4.13. The Balaban J connectivity index is 2.04. The topological polar surface area (TPSA) is 52.6 Å². The molecule has 2 N–H and O–H groups in total. The Bertz CT molecular complexity index is 472. The minimum Gasteiger partial charge on any atom is -0.389 e. The molecule has 0 radical (unpaired) electrons. The van der Waals surface area contributed by atoms with Gasteiger partial charge in [0.1, 0.15) is 0 Å². The van der Waals surface area contributed by atoms with Crippen LogP contribution in [0.25, 0.3) is 0 Å². The SMILES string of the molecule is CCCC1CCCCN1C(=O)Nc1cccc(C(C)O)c1. The van der Waals surface area contributed by atoms with Gasteiger partial charge in [0, 0.05) is 18.3 Å². The summed E-state index contributed by atoms with van der Waals surface area (Å²) in [6.45, 7) is 4.73. The van der Waals surface area contributed by atoms with Gasteiger partial charge < -0.3 is 15.3 Å². The van der Waals surface area contributed by atoms with Crippen molar-refractivity contribution in [1.29, 1.82) is 0 Å². The molecule has 1 aromatic rings. The lowest BCUT2D eigenvalue weighted by atomic mass is 9.99. The number of hydrogen-bond donors (Lipinski definition) is 2. The molecule has 0 spiro atoms. The molecule has 1 aromatic carbocycles. The average Bonchev–Trinajstić information content (AvgIpc) is 2.48. The second-order valence-electron chi connectivity index (χ2n) is 5.86. The average molecular weight is 290 g/mol. The van der Waals surface area contributed by atoms with Crippen LogP contribution in [0.15, 0.2) is 24.3 Å². The molecular formula is C17H26N2O2. The second kappa shape index (κ2) is 7.46. The monoisotopic (exact) mass is 290 g/mol. The fraction of sp³-hybridized carbons (Fsp3) is 0.588. The number of hydrogen-bond acceptors (Lipinski definition) is 2. The molecule has 1 heterocycles. The molecule has 0 saturated carbocycles. The predicted octanol–water partition coefficient (Wildman–Crippen LogP) is 3.93. The van der Waals surface area contributed by atoms with Crippen LogP contribution in [0.5, 0.6) is 0 Å².